The minimum absolute atomic E-state index is 0.00526. The number of aromatic nitrogens is 2. The number of phenols is 1. The number of benzene rings is 1. The number of hydrogen-bond acceptors (Lipinski definition) is 4. The average Bonchev–Trinajstić information content (AvgIpc) is 2.36. The molecule has 112 valence electrons. The number of nitrogens with one attached hydrogen (secondary N) is 1. The van der Waals surface area contributed by atoms with Gasteiger partial charge in [0.25, 0.3) is 11.5 Å². The lowest BCUT2D eigenvalue weighted by Crippen LogP contribution is -2.17. The Kier molecular flexibility index (Phi) is 4.53. The molecule has 0 aliphatic carbocycles. The summed E-state index contributed by atoms with van der Waals surface area (Å²) in [7, 11) is 0. The van der Waals surface area contributed by atoms with Gasteiger partial charge in [0.15, 0.2) is 5.16 Å². The van der Waals surface area contributed by atoms with E-state index in [1.807, 2.05) is 0 Å². The Hall–Kier alpha value is -1.60. The zero-order valence-electron chi connectivity index (χ0n) is 10.9. The van der Waals surface area contributed by atoms with E-state index in [0.29, 0.717) is 17.5 Å². The summed E-state index contributed by atoms with van der Waals surface area (Å²) in [4.78, 5) is 17.5. The molecule has 1 aromatic heterocycles. The third kappa shape index (κ3) is 3.95. The molecule has 2 N–H and O–H groups in total. The lowest BCUT2D eigenvalue weighted by molar-refractivity contribution is 0.0118. The van der Waals surface area contributed by atoms with E-state index < -0.39 is 17.2 Å². The molecule has 0 aliphatic heterocycles. The van der Waals surface area contributed by atoms with E-state index in [2.05, 4.69) is 9.97 Å². The van der Waals surface area contributed by atoms with Crippen LogP contribution >= 0.6 is 23.4 Å². The van der Waals surface area contributed by atoms with Crippen molar-refractivity contribution in [3.05, 3.63) is 50.9 Å². The normalized spacial score (nSPS) is 11.6. The van der Waals surface area contributed by atoms with Gasteiger partial charge in [-0.05, 0) is 12.1 Å². The van der Waals surface area contributed by atoms with Gasteiger partial charge in [-0.15, -0.1) is 0 Å². The zero-order chi connectivity index (χ0) is 15.6. The van der Waals surface area contributed by atoms with Gasteiger partial charge in [-0.1, -0.05) is 29.4 Å². The lowest BCUT2D eigenvalue weighted by Gasteiger charge is -2.10. The predicted molar refractivity (Wildman–Crippen MR) is 77.1 cm³/mol. The summed E-state index contributed by atoms with van der Waals surface area (Å²) in [5.74, 6) is -3.02. The monoisotopic (exact) mass is 332 g/mol. The van der Waals surface area contributed by atoms with Crippen LogP contribution in [0.3, 0.4) is 0 Å². The summed E-state index contributed by atoms with van der Waals surface area (Å²) in [6, 6.07) is 5.42. The van der Waals surface area contributed by atoms with Crippen LogP contribution in [0, 0.1) is 0 Å². The van der Waals surface area contributed by atoms with Crippen molar-refractivity contribution < 1.29 is 13.9 Å². The maximum Gasteiger partial charge on any atom is 0.287 e. The maximum absolute atomic E-state index is 13.2. The molecule has 0 radical (unpaired) electrons. The Morgan fingerprint density at radius 1 is 1.48 bits per heavy atom. The highest BCUT2D eigenvalue weighted by Gasteiger charge is 2.27. The number of aromatic hydroxyl groups is 1. The molecule has 1 heterocycles. The highest BCUT2D eigenvalue weighted by Crippen LogP contribution is 2.31. The highest BCUT2D eigenvalue weighted by molar-refractivity contribution is 7.98. The molecule has 8 heteroatoms. The number of H-pyrrole nitrogens is 1. The first-order chi connectivity index (χ1) is 9.77. The third-order valence-electron chi connectivity index (χ3n) is 2.62. The summed E-state index contributed by atoms with van der Waals surface area (Å²) in [6.07, 6.45) is 0. The molecule has 0 bridgehead atoms. The summed E-state index contributed by atoms with van der Waals surface area (Å²) in [5, 5.41) is 10.1. The lowest BCUT2D eigenvalue weighted by atomic mass is 10.2. The second-order valence-corrected chi connectivity index (χ2v) is 5.72. The van der Waals surface area contributed by atoms with Crippen molar-refractivity contribution in [2.75, 3.05) is 0 Å². The van der Waals surface area contributed by atoms with Gasteiger partial charge >= 0.3 is 0 Å². The molecular weight excluding hydrogens is 322 g/mol. The Labute approximate surface area is 128 Å². The van der Waals surface area contributed by atoms with Crippen molar-refractivity contribution in [3.8, 4) is 5.75 Å². The van der Waals surface area contributed by atoms with E-state index in [-0.39, 0.29) is 16.7 Å². The van der Waals surface area contributed by atoms with Crippen molar-refractivity contribution >= 4 is 23.4 Å². The second kappa shape index (κ2) is 6.03. The molecule has 21 heavy (non-hydrogen) atoms. The van der Waals surface area contributed by atoms with Crippen LogP contribution in [0.1, 0.15) is 18.2 Å². The summed E-state index contributed by atoms with van der Waals surface area (Å²) in [5.41, 5.74) is -0.815. The SMILES string of the molecule is CC(F)(F)c1cc(=O)[nH]c(SCc2c(O)cccc2Cl)n1. The highest BCUT2D eigenvalue weighted by atomic mass is 35.5. The average molecular weight is 333 g/mol. The second-order valence-electron chi connectivity index (χ2n) is 4.35. The molecule has 0 spiro atoms. The standard InChI is InChI=1S/C13H11ClF2N2O2S/c1-13(15,16)10-5-11(20)18-12(17-10)21-6-7-8(14)3-2-4-9(7)19/h2-5,19H,6H2,1H3,(H,17,18,20). The van der Waals surface area contributed by atoms with E-state index in [4.69, 9.17) is 11.6 Å². The first-order valence-electron chi connectivity index (χ1n) is 5.86. The van der Waals surface area contributed by atoms with Gasteiger partial charge in [-0.2, -0.15) is 8.78 Å². The maximum atomic E-state index is 13.2. The van der Waals surface area contributed by atoms with Gasteiger partial charge in [0.2, 0.25) is 0 Å². The van der Waals surface area contributed by atoms with Crippen molar-refractivity contribution in [1.82, 2.24) is 9.97 Å². The van der Waals surface area contributed by atoms with Gasteiger partial charge in [-0.25, -0.2) is 4.98 Å². The predicted octanol–water partition coefficient (Wildman–Crippen LogP) is 3.53. The molecule has 0 atom stereocenters. The van der Waals surface area contributed by atoms with Gasteiger partial charge in [0.05, 0.1) is 0 Å². The molecule has 1 aromatic carbocycles. The van der Waals surface area contributed by atoms with Crippen molar-refractivity contribution in [3.63, 3.8) is 0 Å². The van der Waals surface area contributed by atoms with Crippen LogP contribution in [0.25, 0.3) is 0 Å². The summed E-state index contributed by atoms with van der Waals surface area (Å²) in [6.45, 7) is 0.670. The van der Waals surface area contributed by atoms with E-state index in [9.17, 15) is 18.7 Å². The molecular formula is C13H11ClF2N2O2S. The molecule has 0 amide bonds. The molecule has 2 aromatic rings. The number of alkyl halides is 2. The van der Waals surface area contributed by atoms with E-state index in [1.165, 1.54) is 6.07 Å². The molecule has 0 aliphatic rings. The summed E-state index contributed by atoms with van der Waals surface area (Å²) < 4.78 is 26.4. The first-order valence-corrected chi connectivity index (χ1v) is 7.22. The number of halogens is 3. The number of hydrogen-bond donors (Lipinski definition) is 2. The molecule has 0 unspecified atom stereocenters. The van der Waals surface area contributed by atoms with Gasteiger partial charge in [0, 0.05) is 29.3 Å². The number of aromatic amines is 1. The topological polar surface area (TPSA) is 66.0 Å². The molecule has 2 rings (SSSR count). The largest absolute Gasteiger partial charge is 0.508 e. The van der Waals surface area contributed by atoms with Gasteiger partial charge in [-0.3, -0.25) is 4.79 Å². The van der Waals surface area contributed by atoms with Crippen molar-refractivity contribution in [2.45, 2.75) is 23.8 Å². The van der Waals surface area contributed by atoms with Crippen LogP contribution in [0.2, 0.25) is 5.02 Å². The first kappa shape index (κ1) is 15.8. The minimum Gasteiger partial charge on any atom is -0.508 e. The van der Waals surface area contributed by atoms with Crippen molar-refractivity contribution in [2.24, 2.45) is 0 Å². The Morgan fingerprint density at radius 3 is 2.81 bits per heavy atom. The Bertz CT molecular complexity index is 696. The fraction of sp³-hybridized carbons (Fsp3) is 0.231. The van der Waals surface area contributed by atoms with E-state index in [1.54, 1.807) is 12.1 Å². The Morgan fingerprint density at radius 2 is 2.19 bits per heavy atom. The van der Waals surface area contributed by atoms with Gasteiger partial charge < -0.3 is 10.1 Å². The van der Waals surface area contributed by atoms with Crippen LogP contribution in [0.4, 0.5) is 8.78 Å². The number of rotatable bonds is 4. The van der Waals surface area contributed by atoms with Crippen LogP contribution in [-0.4, -0.2) is 15.1 Å². The fourth-order valence-corrected chi connectivity index (χ4v) is 2.79. The number of thioether (sulfide) groups is 1. The third-order valence-corrected chi connectivity index (χ3v) is 3.87. The van der Waals surface area contributed by atoms with Crippen LogP contribution in [0.15, 0.2) is 34.2 Å². The molecule has 0 fully saturated rings. The van der Waals surface area contributed by atoms with Crippen LogP contribution in [0.5, 0.6) is 5.75 Å². The van der Waals surface area contributed by atoms with E-state index >= 15 is 0 Å². The van der Waals surface area contributed by atoms with Crippen LogP contribution < -0.4 is 5.56 Å². The quantitative estimate of drug-likeness (QED) is 0.664. The smallest absolute Gasteiger partial charge is 0.287 e. The van der Waals surface area contributed by atoms with E-state index in [0.717, 1.165) is 17.8 Å². The molecule has 0 saturated carbocycles. The van der Waals surface area contributed by atoms with Gasteiger partial charge in [0.1, 0.15) is 11.4 Å². The fourth-order valence-electron chi connectivity index (χ4n) is 1.56. The minimum atomic E-state index is -3.20. The van der Waals surface area contributed by atoms with Crippen molar-refractivity contribution in [1.29, 1.82) is 0 Å². The molecule has 0 saturated heterocycles. The zero-order valence-corrected chi connectivity index (χ0v) is 12.4. The Balaban J connectivity index is 2.25. The number of phenolic OH excluding ortho intramolecular Hbond substituents is 1. The molecule has 4 nitrogen and oxygen atoms in total. The summed E-state index contributed by atoms with van der Waals surface area (Å²) >= 11 is 6.95. The number of nitrogens with zero attached hydrogens (tertiary/aromatic N) is 1. The van der Waals surface area contributed by atoms with Crippen LogP contribution in [-0.2, 0) is 11.7 Å².